The van der Waals surface area contributed by atoms with Gasteiger partial charge in [-0.1, -0.05) is 0 Å². The van der Waals surface area contributed by atoms with Gasteiger partial charge in [-0.25, -0.2) is 0 Å². The van der Waals surface area contributed by atoms with Gasteiger partial charge in [-0.2, -0.15) is 8.42 Å². The predicted molar refractivity (Wildman–Crippen MR) is 26.2 cm³/mol. The van der Waals surface area contributed by atoms with Gasteiger partial charge < -0.3 is 4.74 Å². The van der Waals surface area contributed by atoms with Gasteiger partial charge in [0.05, 0.1) is 12.7 Å². The van der Waals surface area contributed by atoms with Crippen LogP contribution < -0.4 is 0 Å². The highest BCUT2D eigenvalue weighted by atomic mass is 32.2. The van der Waals surface area contributed by atoms with E-state index < -0.39 is 10.1 Å². The number of epoxide rings is 1. The Morgan fingerprint density at radius 3 is 2.38 bits per heavy atom. The van der Waals surface area contributed by atoms with E-state index in [1.807, 2.05) is 0 Å². The van der Waals surface area contributed by atoms with E-state index in [-0.39, 0.29) is 11.9 Å². The Hall–Kier alpha value is -0.130. The molecule has 0 aromatic carbocycles. The molecule has 1 aliphatic rings. The van der Waals surface area contributed by atoms with Crippen molar-refractivity contribution in [3.8, 4) is 0 Å². The van der Waals surface area contributed by atoms with Crippen LogP contribution in [-0.2, 0) is 14.9 Å². The highest BCUT2D eigenvalue weighted by Gasteiger charge is 2.27. The number of rotatable bonds is 2. The van der Waals surface area contributed by atoms with Crippen molar-refractivity contribution in [1.29, 1.82) is 0 Å². The summed E-state index contributed by atoms with van der Waals surface area (Å²) in [5, 5.41) is 0. The highest BCUT2D eigenvalue weighted by molar-refractivity contribution is 7.85. The zero-order chi connectivity index (χ0) is 6.20. The molecule has 1 unspecified atom stereocenters. The smallest absolute Gasteiger partial charge is 0.267 e. The Bertz CT molecular complexity index is 166. The van der Waals surface area contributed by atoms with Gasteiger partial charge in [-0.05, 0) is 0 Å². The summed E-state index contributed by atoms with van der Waals surface area (Å²) in [6, 6.07) is 0. The van der Waals surface area contributed by atoms with Crippen LogP contribution >= 0.6 is 0 Å². The van der Waals surface area contributed by atoms with E-state index in [4.69, 9.17) is 4.55 Å². The van der Waals surface area contributed by atoms with Gasteiger partial charge in [0.25, 0.3) is 10.1 Å². The topological polar surface area (TPSA) is 66.9 Å². The van der Waals surface area contributed by atoms with Crippen LogP contribution in [0.1, 0.15) is 0 Å². The van der Waals surface area contributed by atoms with Crippen molar-refractivity contribution in [1.82, 2.24) is 0 Å². The summed E-state index contributed by atoms with van der Waals surface area (Å²) in [6.45, 7) is 0.458. The van der Waals surface area contributed by atoms with Gasteiger partial charge in [0, 0.05) is 0 Å². The first kappa shape index (κ1) is 6.00. The lowest BCUT2D eigenvalue weighted by Crippen LogP contribution is -2.08. The van der Waals surface area contributed by atoms with Crippen molar-refractivity contribution in [3.63, 3.8) is 0 Å². The molecule has 1 saturated heterocycles. The lowest BCUT2D eigenvalue weighted by atomic mass is 10.6. The second kappa shape index (κ2) is 1.68. The fraction of sp³-hybridized carbons (Fsp3) is 1.00. The summed E-state index contributed by atoms with van der Waals surface area (Å²) in [5.41, 5.74) is 0. The van der Waals surface area contributed by atoms with E-state index in [1.165, 1.54) is 0 Å². The SMILES string of the molecule is O=S(=O)(O)CC1CO1. The molecule has 1 atom stereocenters. The minimum absolute atomic E-state index is 0.245. The lowest BCUT2D eigenvalue weighted by molar-refractivity contribution is 0.413. The van der Waals surface area contributed by atoms with Gasteiger partial charge in [0.15, 0.2) is 0 Å². The fourth-order valence-electron chi connectivity index (χ4n) is 0.399. The summed E-state index contributed by atoms with van der Waals surface area (Å²) in [5.74, 6) is -0.257. The predicted octanol–water partition coefficient (Wildman–Crippen LogP) is -0.727. The molecule has 0 bridgehead atoms. The standard InChI is InChI=1S/C3H6O4S/c4-8(5,6)2-3-1-7-3/h3H,1-2H2,(H,4,5,6). The average Bonchev–Trinajstić information content (AvgIpc) is 2.12. The molecule has 0 aromatic rings. The number of hydrogen-bond acceptors (Lipinski definition) is 3. The summed E-state index contributed by atoms with van der Waals surface area (Å²) in [6.07, 6.45) is -0.245. The third-order valence-electron chi connectivity index (χ3n) is 0.799. The van der Waals surface area contributed by atoms with E-state index in [1.54, 1.807) is 0 Å². The highest BCUT2D eigenvalue weighted by Crippen LogP contribution is 2.09. The van der Waals surface area contributed by atoms with E-state index in [9.17, 15) is 8.42 Å². The second-order valence-corrected chi connectivity index (χ2v) is 3.20. The molecule has 0 aromatic heterocycles. The molecule has 1 fully saturated rings. The van der Waals surface area contributed by atoms with Crippen LogP contribution in [0.5, 0.6) is 0 Å². The summed E-state index contributed by atoms with van der Waals surface area (Å²) >= 11 is 0. The molecule has 48 valence electrons. The minimum atomic E-state index is -3.79. The number of hydrogen-bond donors (Lipinski definition) is 1. The molecule has 1 rings (SSSR count). The minimum Gasteiger partial charge on any atom is -0.372 e. The zero-order valence-electron chi connectivity index (χ0n) is 4.07. The normalized spacial score (nSPS) is 27.9. The third-order valence-corrected chi connectivity index (χ3v) is 1.59. The molecule has 5 heteroatoms. The quantitative estimate of drug-likeness (QED) is 0.403. The lowest BCUT2D eigenvalue weighted by Gasteiger charge is -1.86. The van der Waals surface area contributed by atoms with Gasteiger partial charge in [0.1, 0.15) is 5.75 Å². The van der Waals surface area contributed by atoms with E-state index >= 15 is 0 Å². The first-order valence-corrected chi connectivity index (χ1v) is 3.75. The Morgan fingerprint density at radius 1 is 1.75 bits per heavy atom. The molecule has 0 spiro atoms. The van der Waals surface area contributed by atoms with Crippen molar-refractivity contribution >= 4 is 10.1 Å². The molecule has 1 aliphatic heterocycles. The molecule has 1 N–H and O–H groups in total. The largest absolute Gasteiger partial charge is 0.372 e. The van der Waals surface area contributed by atoms with Crippen LogP contribution in [0.25, 0.3) is 0 Å². The molecular formula is C3H6O4S. The molecule has 0 saturated carbocycles. The van der Waals surface area contributed by atoms with Gasteiger partial charge in [-0.3, -0.25) is 4.55 Å². The van der Waals surface area contributed by atoms with Crippen molar-refractivity contribution in [2.45, 2.75) is 6.10 Å². The third kappa shape index (κ3) is 2.25. The Kier molecular flexibility index (Phi) is 1.26. The average molecular weight is 138 g/mol. The fourth-order valence-corrected chi connectivity index (χ4v) is 1.06. The first-order valence-electron chi connectivity index (χ1n) is 2.15. The van der Waals surface area contributed by atoms with E-state index in [0.29, 0.717) is 6.61 Å². The Labute approximate surface area is 47.2 Å². The maximum absolute atomic E-state index is 9.96. The van der Waals surface area contributed by atoms with Crippen LogP contribution in [0.3, 0.4) is 0 Å². The maximum Gasteiger partial charge on any atom is 0.267 e. The van der Waals surface area contributed by atoms with Gasteiger partial charge >= 0.3 is 0 Å². The van der Waals surface area contributed by atoms with Crippen molar-refractivity contribution in [2.24, 2.45) is 0 Å². The molecule has 0 amide bonds. The van der Waals surface area contributed by atoms with Crippen LogP contribution in [0.15, 0.2) is 0 Å². The van der Waals surface area contributed by atoms with Crippen molar-refractivity contribution in [2.75, 3.05) is 12.4 Å². The second-order valence-electron chi connectivity index (χ2n) is 1.70. The van der Waals surface area contributed by atoms with E-state index in [2.05, 4.69) is 4.74 Å². The van der Waals surface area contributed by atoms with Gasteiger partial charge in [-0.15, -0.1) is 0 Å². The molecule has 0 aliphatic carbocycles. The summed E-state index contributed by atoms with van der Waals surface area (Å²) in [4.78, 5) is 0. The van der Waals surface area contributed by atoms with E-state index in [0.717, 1.165) is 0 Å². The Balaban J connectivity index is 2.38. The zero-order valence-corrected chi connectivity index (χ0v) is 4.89. The van der Waals surface area contributed by atoms with Crippen LogP contribution in [0.4, 0.5) is 0 Å². The number of ether oxygens (including phenoxy) is 1. The molecule has 0 radical (unpaired) electrons. The summed E-state index contributed by atoms with van der Waals surface area (Å²) in [7, 11) is -3.79. The van der Waals surface area contributed by atoms with Crippen LogP contribution in [0.2, 0.25) is 0 Å². The van der Waals surface area contributed by atoms with Crippen molar-refractivity contribution in [3.05, 3.63) is 0 Å². The molecular weight excluding hydrogens is 132 g/mol. The molecule has 1 heterocycles. The molecule has 8 heavy (non-hydrogen) atoms. The van der Waals surface area contributed by atoms with Crippen LogP contribution in [0, 0.1) is 0 Å². The maximum atomic E-state index is 9.96. The van der Waals surface area contributed by atoms with Crippen LogP contribution in [-0.4, -0.2) is 31.4 Å². The molecule has 4 nitrogen and oxygen atoms in total. The Morgan fingerprint density at radius 2 is 2.25 bits per heavy atom. The monoisotopic (exact) mass is 138 g/mol. The van der Waals surface area contributed by atoms with Crippen molar-refractivity contribution < 1.29 is 17.7 Å². The first-order chi connectivity index (χ1) is 3.58. The summed E-state index contributed by atoms with van der Waals surface area (Å²) < 4.78 is 32.6. The van der Waals surface area contributed by atoms with Gasteiger partial charge in [0.2, 0.25) is 0 Å².